The van der Waals surface area contributed by atoms with Gasteiger partial charge in [-0.15, -0.1) is 0 Å². The maximum absolute atomic E-state index is 11.4. The van der Waals surface area contributed by atoms with Crippen LogP contribution in [0.15, 0.2) is 24.3 Å². The third-order valence-electron chi connectivity index (χ3n) is 2.11. The quantitative estimate of drug-likeness (QED) is 0.749. The van der Waals surface area contributed by atoms with Gasteiger partial charge in [-0.1, -0.05) is 52.0 Å². The SMILES string of the molecule is CC.CC.CC(C)(C)OC(=O)NCc1ccc(B(O)O)cc1. The van der Waals surface area contributed by atoms with E-state index in [4.69, 9.17) is 14.8 Å². The molecule has 0 aliphatic rings. The number of rotatable bonds is 3. The molecule has 6 heteroatoms. The van der Waals surface area contributed by atoms with E-state index in [1.165, 1.54) is 0 Å². The van der Waals surface area contributed by atoms with E-state index in [0.717, 1.165) is 5.56 Å². The molecule has 0 saturated carbocycles. The molecule has 1 rings (SSSR count). The van der Waals surface area contributed by atoms with Crippen LogP contribution in [0.25, 0.3) is 0 Å². The first-order valence-corrected chi connectivity index (χ1v) is 7.70. The molecule has 0 spiro atoms. The molecule has 22 heavy (non-hydrogen) atoms. The molecule has 1 aromatic rings. The Morgan fingerprint density at radius 3 is 1.91 bits per heavy atom. The molecule has 0 fully saturated rings. The Labute approximate surface area is 134 Å². The van der Waals surface area contributed by atoms with Crippen molar-refractivity contribution in [3.63, 3.8) is 0 Å². The van der Waals surface area contributed by atoms with Gasteiger partial charge in [-0.3, -0.25) is 0 Å². The van der Waals surface area contributed by atoms with Gasteiger partial charge in [-0.25, -0.2) is 4.79 Å². The molecule has 0 radical (unpaired) electrons. The van der Waals surface area contributed by atoms with Crippen LogP contribution in [0.1, 0.15) is 54.0 Å². The third kappa shape index (κ3) is 11.2. The fourth-order valence-electron chi connectivity index (χ4n) is 1.30. The summed E-state index contributed by atoms with van der Waals surface area (Å²) in [6.45, 7) is 13.7. The zero-order valence-corrected chi connectivity index (χ0v) is 14.8. The van der Waals surface area contributed by atoms with Gasteiger partial charge in [0.1, 0.15) is 5.60 Å². The van der Waals surface area contributed by atoms with Gasteiger partial charge in [0.15, 0.2) is 0 Å². The summed E-state index contributed by atoms with van der Waals surface area (Å²) in [4.78, 5) is 11.4. The Morgan fingerprint density at radius 2 is 1.55 bits per heavy atom. The highest BCUT2D eigenvalue weighted by atomic mass is 16.6. The highest BCUT2D eigenvalue weighted by Gasteiger charge is 2.15. The van der Waals surface area contributed by atoms with Crippen LogP contribution in [-0.4, -0.2) is 28.9 Å². The molecule has 126 valence electrons. The summed E-state index contributed by atoms with van der Waals surface area (Å²) in [7, 11) is -1.47. The summed E-state index contributed by atoms with van der Waals surface area (Å²) in [6.07, 6.45) is -0.478. The molecule has 1 amide bonds. The lowest BCUT2D eigenvalue weighted by Gasteiger charge is -2.19. The first-order chi connectivity index (χ1) is 10.3. The molecule has 0 atom stereocenters. The Balaban J connectivity index is 0. The van der Waals surface area contributed by atoms with E-state index in [9.17, 15) is 4.79 Å². The molecule has 0 aliphatic heterocycles. The molecule has 0 unspecified atom stereocenters. The standard InChI is InChI=1S/C12H18BNO4.2C2H6/c1-12(2,3)18-11(15)14-8-9-4-6-10(7-5-9)13(16)17;2*1-2/h4-7,16-17H,8H2,1-3H3,(H,14,15);2*1-2H3. The van der Waals surface area contributed by atoms with E-state index in [2.05, 4.69) is 5.32 Å². The molecule has 1 aromatic carbocycles. The number of nitrogens with one attached hydrogen (secondary N) is 1. The predicted octanol–water partition coefficient (Wildman–Crippen LogP) is 2.44. The average Bonchev–Trinajstić information content (AvgIpc) is 2.48. The van der Waals surface area contributed by atoms with Gasteiger partial charge in [-0.2, -0.15) is 0 Å². The number of hydrogen-bond acceptors (Lipinski definition) is 4. The monoisotopic (exact) mass is 311 g/mol. The van der Waals surface area contributed by atoms with Crippen LogP contribution in [0, 0.1) is 0 Å². The highest BCUT2D eigenvalue weighted by molar-refractivity contribution is 6.58. The number of amides is 1. The predicted molar refractivity (Wildman–Crippen MR) is 92.0 cm³/mol. The van der Waals surface area contributed by atoms with E-state index in [1.807, 2.05) is 27.7 Å². The van der Waals surface area contributed by atoms with Gasteiger partial charge in [-0.05, 0) is 31.8 Å². The Hall–Kier alpha value is -1.53. The van der Waals surface area contributed by atoms with Crippen LogP contribution in [0.5, 0.6) is 0 Å². The molecule has 0 saturated heterocycles. The fourth-order valence-corrected chi connectivity index (χ4v) is 1.30. The van der Waals surface area contributed by atoms with Gasteiger partial charge in [0.2, 0.25) is 0 Å². The number of hydrogen-bond donors (Lipinski definition) is 3. The fraction of sp³-hybridized carbons (Fsp3) is 0.562. The van der Waals surface area contributed by atoms with E-state index in [-0.39, 0.29) is 0 Å². The number of carbonyl (C=O) groups excluding carboxylic acids is 1. The van der Waals surface area contributed by atoms with Crippen molar-refractivity contribution in [2.24, 2.45) is 0 Å². The van der Waals surface area contributed by atoms with Gasteiger partial charge in [0.25, 0.3) is 0 Å². The minimum Gasteiger partial charge on any atom is -0.444 e. The van der Waals surface area contributed by atoms with Crippen LogP contribution in [0.2, 0.25) is 0 Å². The zero-order chi connectivity index (χ0) is 17.8. The largest absolute Gasteiger partial charge is 0.488 e. The molecule has 5 nitrogen and oxygen atoms in total. The molecule has 0 bridgehead atoms. The van der Waals surface area contributed by atoms with Crippen LogP contribution >= 0.6 is 0 Å². The molecule has 0 heterocycles. The van der Waals surface area contributed by atoms with Crippen molar-refractivity contribution in [1.29, 1.82) is 0 Å². The van der Waals surface area contributed by atoms with Crippen molar-refractivity contribution < 1.29 is 19.6 Å². The number of alkyl carbamates (subject to hydrolysis) is 1. The van der Waals surface area contributed by atoms with Crippen LogP contribution in [0.3, 0.4) is 0 Å². The van der Waals surface area contributed by atoms with Crippen LogP contribution in [-0.2, 0) is 11.3 Å². The molecule has 3 N–H and O–H groups in total. The maximum Gasteiger partial charge on any atom is 0.488 e. The number of ether oxygens (including phenoxy) is 1. The lowest BCUT2D eigenvalue weighted by atomic mass is 9.80. The van der Waals surface area contributed by atoms with Gasteiger partial charge >= 0.3 is 13.2 Å². The second-order valence-corrected chi connectivity index (χ2v) is 4.97. The summed E-state index contributed by atoms with van der Waals surface area (Å²) in [5.41, 5.74) is 0.746. The minimum absolute atomic E-state index is 0.330. The zero-order valence-electron chi connectivity index (χ0n) is 14.8. The van der Waals surface area contributed by atoms with Gasteiger partial charge < -0.3 is 20.1 Å². The van der Waals surface area contributed by atoms with Gasteiger partial charge in [0.05, 0.1) is 0 Å². The summed E-state index contributed by atoms with van der Waals surface area (Å²) < 4.78 is 5.09. The van der Waals surface area contributed by atoms with Crippen molar-refractivity contribution in [3.8, 4) is 0 Å². The highest BCUT2D eigenvalue weighted by Crippen LogP contribution is 2.06. The lowest BCUT2D eigenvalue weighted by Crippen LogP contribution is -2.32. The summed E-state index contributed by atoms with van der Waals surface area (Å²) in [6, 6.07) is 6.62. The van der Waals surface area contributed by atoms with Crippen molar-refractivity contribution in [3.05, 3.63) is 29.8 Å². The van der Waals surface area contributed by atoms with Crippen molar-refractivity contribution in [1.82, 2.24) is 5.32 Å². The number of benzene rings is 1. The summed E-state index contributed by atoms with van der Waals surface area (Å²) >= 11 is 0. The van der Waals surface area contributed by atoms with E-state index in [0.29, 0.717) is 12.0 Å². The van der Waals surface area contributed by atoms with Crippen molar-refractivity contribution in [2.45, 2.75) is 60.6 Å². The first-order valence-electron chi connectivity index (χ1n) is 7.70. The molecule has 0 aliphatic carbocycles. The van der Waals surface area contributed by atoms with Crippen LogP contribution < -0.4 is 10.8 Å². The normalized spacial score (nSPS) is 9.50. The topological polar surface area (TPSA) is 78.8 Å². The summed E-state index contributed by atoms with van der Waals surface area (Å²) in [5.74, 6) is 0. The second kappa shape index (κ2) is 12.1. The average molecular weight is 311 g/mol. The van der Waals surface area contributed by atoms with E-state index in [1.54, 1.807) is 45.0 Å². The van der Waals surface area contributed by atoms with E-state index >= 15 is 0 Å². The van der Waals surface area contributed by atoms with Gasteiger partial charge in [0, 0.05) is 6.54 Å². The van der Waals surface area contributed by atoms with E-state index < -0.39 is 18.8 Å². The Bertz CT molecular complexity index is 400. The number of carbonyl (C=O) groups is 1. The van der Waals surface area contributed by atoms with Crippen molar-refractivity contribution >= 4 is 18.7 Å². The Morgan fingerprint density at radius 1 is 1.09 bits per heavy atom. The molecular formula is C16H30BNO4. The minimum atomic E-state index is -1.47. The second-order valence-electron chi connectivity index (χ2n) is 4.97. The molecular weight excluding hydrogens is 281 g/mol. The first kappa shape index (κ1) is 22.8. The maximum atomic E-state index is 11.4. The van der Waals surface area contributed by atoms with Crippen molar-refractivity contribution in [2.75, 3.05) is 0 Å². The lowest BCUT2D eigenvalue weighted by molar-refractivity contribution is 0.0523. The van der Waals surface area contributed by atoms with Crippen LogP contribution in [0.4, 0.5) is 4.79 Å². The third-order valence-corrected chi connectivity index (χ3v) is 2.11. The smallest absolute Gasteiger partial charge is 0.444 e. The Kier molecular flexibility index (Phi) is 12.5. The summed E-state index contributed by atoms with van der Waals surface area (Å²) in [5, 5.41) is 20.5. The molecule has 0 aromatic heterocycles.